The lowest BCUT2D eigenvalue weighted by Crippen LogP contribution is -2.22. The van der Waals surface area contributed by atoms with Crippen LogP contribution >= 0.6 is 11.6 Å². The Bertz CT molecular complexity index is 1380. The number of nitrogens with zero attached hydrogens (tertiary/aromatic N) is 2. The van der Waals surface area contributed by atoms with Crippen LogP contribution < -0.4 is 15.4 Å². The number of benzene rings is 3. The SMILES string of the molecule is COc1ccc(C2=C[C@@H](c3ccccc3F)n3ncc(C(=O)Nc4ccc(Cl)cc4)c3N2)cc1. The van der Waals surface area contributed by atoms with Gasteiger partial charge < -0.3 is 15.4 Å². The van der Waals surface area contributed by atoms with E-state index in [1.165, 1.54) is 12.3 Å². The van der Waals surface area contributed by atoms with Crippen molar-refractivity contribution < 1.29 is 13.9 Å². The van der Waals surface area contributed by atoms with Crippen LogP contribution in [0.5, 0.6) is 5.75 Å². The van der Waals surface area contributed by atoms with Crippen molar-refractivity contribution in [3.63, 3.8) is 0 Å². The van der Waals surface area contributed by atoms with Crippen molar-refractivity contribution in [2.24, 2.45) is 0 Å². The minimum absolute atomic E-state index is 0.329. The molecule has 4 aromatic rings. The number of amides is 1. The Hall–Kier alpha value is -4.10. The van der Waals surface area contributed by atoms with Crippen LogP contribution in [-0.4, -0.2) is 22.8 Å². The highest BCUT2D eigenvalue weighted by Crippen LogP contribution is 2.36. The number of nitrogens with one attached hydrogen (secondary N) is 2. The van der Waals surface area contributed by atoms with E-state index in [1.54, 1.807) is 54.3 Å². The summed E-state index contributed by atoms with van der Waals surface area (Å²) in [5, 5.41) is 11.2. The van der Waals surface area contributed by atoms with E-state index < -0.39 is 6.04 Å². The molecule has 8 heteroatoms. The molecule has 5 rings (SSSR count). The molecule has 3 aromatic carbocycles. The van der Waals surface area contributed by atoms with Gasteiger partial charge in [-0.25, -0.2) is 9.07 Å². The lowest BCUT2D eigenvalue weighted by atomic mass is 10.0. The molecule has 0 saturated heterocycles. The Morgan fingerprint density at radius 2 is 1.82 bits per heavy atom. The summed E-state index contributed by atoms with van der Waals surface area (Å²) in [6.45, 7) is 0. The van der Waals surface area contributed by atoms with Crippen LogP contribution in [0.4, 0.5) is 15.9 Å². The van der Waals surface area contributed by atoms with Crippen molar-refractivity contribution in [2.45, 2.75) is 6.04 Å². The number of anilines is 2. The van der Waals surface area contributed by atoms with Gasteiger partial charge in [0, 0.05) is 22.0 Å². The van der Waals surface area contributed by atoms with Crippen molar-refractivity contribution in [1.82, 2.24) is 9.78 Å². The van der Waals surface area contributed by atoms with Gasteiger partial charge in [0.2, 0.25) is 0 Å². The molecule has 34 heavy (non-hydrogen) atoms. The Morgan fingerprint density at radius 1 is 1.09 bits per heavy atom. The average molecular weight is 475 g/mol. The third-order valence-corrected chi connectivity index (χ3v) is 5.86. The number of ether oxygens (including phenoxy) is 1. The molecule has 0 spiro atoms. The number of carbonyl (C=O) groups excluding carboxylic acids is 1. The van der Waals surface area contributed by atoms with Gasteiger partial charge in [0.05, 0.1) is 13.3 Å². The summed E-state index contributed by atoms with van der Waals surface area (Å²) in [4.78, 5) is 13.1. The number of carbonyl (C=O) groups is 1. The second kappa shape index (κ2) is 9.03. The van der Waals surface area contributed by atoms with Crippen molar-refractivity contribution in [3.8, 4) is 5.75 Å². The van der Waals surface area contributed by atoms with Gasteiger partial charge in [0.25, 0.3) is 5.91 Å². The molecule has 2 heterocycles. The lowest BCUT2D eigenvalue weighted by molar-refractivity contribution is 0.102. The number of methoxy groups -OCH3 is 1. The number of allylic oxidation sites excluding steroid dienone is 1. The molecule has 0 radical (unpaired) electrons. The summed E-state index contributed by atoms with van der Waals surface area (Å²) < 4.78 is 21.7. The van der Waals surface area contributed by atoms with E-state index in [0.29, 0.717) is 27.7 Å². The van der Waals surface area contributed by atoms with Gasteiger partial charge >= 0.3 is 0 Å². The van der Waals surface area contributed by atoms with Crippen molar-refractivity contribution in [3.05, 3.63) is 113 Å². The number of hydrogen-bond acceptors (Lipinski definition) is 4. The zero-order valence-corrected chi connectivity index (χ0v) is 18.9. The minimum atomic E-state index is -0.549. The van der Waals surface area contributed by atoms with Gasteiger partial charge in [-0.05, 0) is 66.2 Å². The summed E-state index contributed by atoms with van der Waals surface area (Å²) in [5.41, 5.74) is 2.96. The second-order valence-corrected chi connectivity index (χ2v) is 8.15. The second-order valence-electron chi connectivity index (χ2n) is 7.71. The maximum atomic E-state index is 14.8. The van der Waals surface area contributed by atoms with E-state index in [-0.39, 0.29) is 11.7 Å². The van der Waals surface area contributed by atoms with Crippen LogP contribution in [0.2, 0.25) is 5.02 Å². The number of rotatable bonds is 5. The molecule has 1 aromatic heterocycles. The van der Waals surface area contributed by atoms with Gasteiger partial charge in [-0.3, -0.25) is 4.79 Å². The fourth-order valence-corrected chi connectivity index (χ4v) is 3.99. The molecular weight excluding hydrogens is 455 g/mol. The maximum Gasteiger partial charge on any atom is 0.261 e. The topological polar surface area (TPSA) is 68.2 Å². The van der Waals surface area contributed by atoms with Crippen LogP contribution in [0.15, 0.2) is 85.1 Å². The summed E-state index contributed by atoms with van der Waals surface area (Å²) >= 11 is 5.94. The molecule has 0 unspecified atom stereocenters. The molecule has 0 aliphatic carbocycles. The molecule has 6 nitrogen and oxygen atoms in total. The molecule has 170 valence electrons. The zero-order valence-electron chi connectivity index (χ0n) is 18.1. The third kappa shape index (κ3) is 4.13. The Labute approximate surface area is 200 Å². The van der Waals surface area contributed by atoms with Gasteiger partial charge in [0.1, 0.15) is 29.0 Å². The fourth-order valence-electron chi connectivity index (χ4n) is 3.87. The highest BCUT2D eigenvalue weighted by atomic mass is 35.5. The van der Waals surface area contributed by atoms with Crippen molar-refractivity contribution >= 4 is 34.7 Å². The quantitative estimate of drug-likeness (QED) is 0.372. The van der Waals surface area contributed by atoms with Crippen LogP contribution in [0, 0.1) is 5.82 Å². The van der Waals surface area contributed by atoms with Crippen molar-refractivity contribution in [2.75, 3.05) is 17.7 Å². The smallest absolute Gasteiger partial charge is 0.261 e. The van der Waals surface area contributed by atoms with E-state index in [2.05, 4.69) is 15.7 Å². The predicted molar refractivity (Wildman–Crippen MR) is 131 cm³/mol. The molecule has 0 bridgehead atoms. The number of fused-ring (bicyclic) bond motifs is 1. The first-order valence-electron chi connectivity index (χ1n) is 10.6. The van der Waals surface area contributed by atoms with Crippen LogP contribution in [0.25, 0.3) is 5.70 Å². The van der Waals surface area contributed by atoms with Gasteiger partial charge in [0.15, 0.2) is 0 Å². The van der Waals surface area contributed by atoms with Gasteiger partial charge in [-0.15, -0.1) is 0 Å². The highest BCUT2D eigenvalue weighted by Gasteiger charge is 2.29. The molecule has 1 aliphatic heterocycles. The summed E-state index contributed by atoms with van der Waals surface area (Å²) in [6, 6.07) is 20.3. The summed E-state index contributed by atoms with van der Waals surface area (Å²) in [7, 11) is 1.60. The fraction of sp³-hybridized carbons (Fsp3) is 0.0769. The molecule has 1 amide bonds. The Balaban J connectivity index is 1.55. The zero-order chi connectivity index (χ0) is 23.7. The van der Waals surface area contributed by atoms with Gasteiger partial charge in [-0.2, -0.15) is 5.10 Å². The monoisotopic (exact) mass is 474 g/mol. The van der Waals surface area contributed by atoms with E-state index in [4.69, 9.17) is 16.3 Å². The first kappa shape index (κ1) is 21.7. The summed E-state index contributed by atoms with van der Waals surface area (Å²) in [6.07, 6.45) is 3.37. The average Bonchev–Trinajstić information content (AvgIpc) is 3.30. The Morgan fingerprint density at radius 3 is 2.53 bits per heavy atom. The van der Waals surface area contributed by atoms with E-state index >= 15 is 0 Å². The Kier molecular flexibility index (Phi) is 5.77. The predicted octanol–water partition coefficient (Wildman–Crippen LogP) is 5.99. The molecule has 0 fully saturated rings. The van der Waals surface area contributed by atoms with E-state index in [9.17, 15) is 9.18 Å². The third-order valence-electron chi connectivity index (χ3n) is 5.61. The highest BCUT2D eigenvalue weighted by molar-refractivity contribution is 6.30. The first-order valence-corrected chi connectivity index (χ1v) is 10.9. The molecule has 1 aliphatic rings. The molecule has 2 N–H and O–H groups in total. The molecule has 0 saturated carbocycles. The largest absolute Gasteiger partial charge is 0.497 e. The minimum Gasteiger partial charge on any atom is -0.497 e. The number of aromatic nitrogens is 2. The van der Waals surface area contributed by atoms with E-state index in [0.717, 1.165) is 17.0 Å². The van der Waals surface area contributed by atoms with Crippen molar-refractivity contribution in [1.29, 1.82) is 0 Å². The van der Waals surface area contributed by atoms with Crippen LogP contribution in [0.3, 0.4) is 0 Å². The molecular formula is C26H20ClFN4O2. The standard InChI is InChI=1S/C26H20ClFN4O2/c1-34-19-12-6-16(7-13-19)23-14-24(20-4-2-3-5-22(20)28)32-25(31-23)21(15-29-32)26(33)30-18-10-8-17(27)9-11-18/h2-15,24,31H,1H3,(H,30,33)/t24-/m0/s1. The number of hydrogen-bond donors (Lipinski definition) is 2. The van der Waals surface area contributed by atoms with E-state index in [1.807, 2.05) is 30.3 Å². The lowest BCUT2D eigenvalue weighted by Gasteiger charge is -2.26. The van der Waals surface area contributed by atoms with Crippen LogP contribution in [0.1, 0.15) is 27.5 Å². The molecule has 1 atom stereocenters. The first-order chi connectivity index (χ1) is 16.5. The van der Waals surface area contributed by atoms with Crippen LogP contribution in [-0.2, 0) is 0 Å². The summed E-state index contributed by atoms with van der Waals surface area (Å²) in [5.74, 6) is 0.486. The normalized spacial score (nSPS) is 14.6. The number of halogens is 2. The maximum absolute atomic E-state index is 14.8. The van der Waals surface area contributed by atoms with Gasteiger partial charge in [-0.1, -0.05) is 29.8 Å².